The largest absolute Gasteiger partial charge is 0.289 e. The van der Waals surface area contributed by atoms with Gasteiger partial charge in [0.2, 0.25) is 0 Å². The molecule has 0 N–H and O–H groups in total. The Labute approximate surface area is 124 Å². The molecule has 0 saturated carbocycles. The molecule has 0 aliphatic carbocycles. The minimum absolute atomic E-state index is 0.0786. The maximum Gasteiger partial charge on any atom is 0.193 e. The molecule has 0 atom stereocenters. The molecule has 104 valence electrons. The van der Waals surface area contributed by atoms with Crippen LogP contribution in [-0.2, 0) is 6.42 Å². The van der Waals surface area contributed by atoms with Crippen LogP contribution in [0, 0.1) is 6.92 Å². The Hall–Kier alpha value is -2.48. The van der Waals surface area contributed by atoms with Gasteiger partial charge in [-0.15, -0.1) is 0 Å². The predicted molar refractivity (Wildman–Crippen MR) is 85.7 cm³/mol. The van der Waals surface area contributed by atoms with E-state index >= 15 is 0 Å². The first-order chi connectivity index (χ1) is 10.2. The van der Waals surface area contributed by atoms with E-state index in [0.29, 0.717) is 5.56 Å². The predicted octanol–water partition coefficient (Wildman–Crippen LogP) is 4.34. The van der Waals surface area contributed by atoms with Gasteiger partial charge in [-0.2, -0.15) is 0 Å². The fraction of sp³-hybridized carbons (Fsp3) is 0.158. The summed E-state index contributed by atoms with van der Waals surface area (Å²) < 4.78 is 0. The van der Waals surface area contributed by atoms with Crippen molar-refractivity contribution in [2.24, 2.45) is 0 Å². The fourth-order valence-corrected chi connectivity index (χ4v) is 2.57. The third-order valence-corrected chi connectivity index (χ3v) is 3.73. The van der Waals surface area contributed by atoms with Crippen molar-refractivity contribution in [3.05, 3.63) is 77.0 Å². The molecular formula is C19H17NO. The highest BCUT2D eigenvalue weighted by molar-refractivity contribution is 6.11. The second kappa shape index (κ2) is 5.49. The van der Waals surface area contributed by atoms with Crippen molar-refractivity contribution in [1.29, 1.82) is 0 Å². The minimum Gasteiger partial charge on any atom is -0.289 e. The van der Waals surface area contributed by atoms with Gasteiger partial charge in [0.1, 0.15) is 0 Å². The van der Waals surface area contributed by atoms with Crippen LogP contribution in [-0.4, -0.2) is 10.8 Å². The van der Waals surface area contributed by atoms with Crippen molar-refractivity contribution in [2.45, 2.75) is 20.3 Å². The van der Waals surface area contributed by atoms with Crippen molar-refractivity contribution < 1.29 is 4.79 Å². The van der Waals surface area contributed by atoms with Crippen LogP contribution in [0.3, 0.4) is 0 Å². The van der Waals surface area contributed by atoms with Crippen molar-refractivity contribution in [2.75, 3.05) is 0 Å². The van der Waals surface area contributed by atoms with Crippen LogP contribution in [0.15, 0.2) is 54.6 Å². The molecule has 0 bridgehead atoms. The van der Waals surface area contributed by atoms with E-state index in [1.807, 2.05) is 61.5 Å². The lowest BCUT2D eigenvalue weighted by Gasteiger charge is -2.07. The lowest BCUT2D eigenvalue weighted by atomic mass is 9.96. The van der Waals surface area contributed by atoms with Gasteiger partial charge in [0.25, 0.3) is 0 Å². The van der Waals surface area contributed by atoms with Crippen molar-refractivity contribution in [1.82, 2.24) is 4.98 Å². The van der Waals surface area contributed by atoms with Crippen LogP contribution < -0.4 is 0 Å². The SMILES string of the molecule is CCc1ccccc1C(=O)c1ccc2nc(C)ccc2c1. The monoisotopic (exact) mass is 275 g/mol. The Morgan fingerprint density at radius 2 is 1.86 bits per heavy atom. The summed E-state index contributed by atoms with van der Waals surface area (Å²) in [5.41, 5.74) is 4.51. The molecule has 0 aliphatic heterocycles. The zero-order chi connectivity index (χ0) is 14.8. The van der Waals surface area contributed by atoms with Crippen LogP contribution in [0.4, 0.5) is 0 Å². The molecule has 0 unspecified atom stereocenters. The third kappa shape index (κ3) is 2.57. The summed E-state index contributed by atoms with van der Waals surface area (Å²) in [6.07, 6.45) is 0.857. The number of carbonyl (C=O) groups is 1. The molecule has 2 aromatic carbocycles. The normalized spacial score (nSPS) is 10.8. The first-order valence-electron chi connectivity index (χ1n) is 7.19. The number of ketones is 1. The molecule has 0 fully saturated rings. The molecule has 3 aromatic rings. The van der Waals surface area contributed by atoms with Crippen LogP contribution in [0.5, 0.6) is 0 Å². The summed E-state index contributed by atoms with van der Waals surface area (Å²) in [5.74, 6) is 0.0786. The van der Waals surface area contributed by atoms with E-state index in [0.717, 1.165) is 34.1 Å². The Balaban J connectivity index is 2.07. The highest BCUT2D eigenvalue weighted by Gasteiger charge is 2.12. The summed E-state index contributed by atoms with van der Waals surface area (Å²) in [6, 6.07) is 17.5. The van der Waals surface area contributed by atoms with Gasteiger partial charge in [-0.05, 0) is 43.2 Å². The fourth-order valence-electron chi connectivity index (χ4n) is 2.57. The quantitative estimate of drug-likeness (QED) is 0.666. The van der Waals surface area contributed by atoms with Gasteiger partial charge in [-0.1, -0.05) is 37.3 Å². The molecule has 0 spiro atoms. The summed E-state index contributed by atoms with van der Waals surface area (Å²) in [6.45, 7) is 4.04. The molecule has 0 amide bonds. The third-order valence-electron chi connectivity index (χ3n) is 3.73. The van der Waals surface area contributed by atoms with E-state index in [2.05, 4.69) is 11.9 Å². The number of fused-ring (bicyclic) bond motifs is 1. The van der Waals surface area contributed by atoms with Gasteiger partial charge in [0.15, 0.2) is 5.78 Å². The topological polar surface area (TPSA) is 30.0 Å². The van der Waals surface area contributed by atoms with Crippen molar-refractivity contribution >= 4 is 16.7 Å². The molecule has 2 nitrogen and oxygen atoms in total. The molecule has 0 aliphatic rings. The van der Waals surface area contributed by atoms with Crippen LogP contribution >= 0.6 is 0 Å². The molecule has 0 radical (unpaired) electrons. The highest BCUT2D eigenvalue weighted by atomic mass is 16.1. The average molecular weight is 275 g/mol. The van der Waals surface area contributed by atoms with Crippen LogP contribution in [0.25, 0.3) is 10.9 Å². The number of pyridine rings is 1. The molecule has 1 aromatic heterocycles. The van der Waals surface area contributed by atoms with Crippen molar-refractivity contribution in [3.8, 4) is 0 Å². The minimum atomic E-state index is 0.0786. The Morgan fingerprint density at radius 1 is 1.05 bits per heavy atom. The Kier molecular flexibility index (Phi) is 3.53. The van der Waals surface area contributed by atoms with E-state index in [-0.39, 0.29) is 5.78 Å². The van der Waals surface area contributed by atoms with E-state index in [1.54, 1.807) is 0 Å². The Morgan fingerprint density at radius 3 is 2.67 bits per heavy atom. The van der Waals surface area contributed by atoms with Crippen molar-refractivity contribution in [3.63, 3.8) is 0 Å². The standard InChI is InChI=1S/C19H17NO/c1-3-14-6-4-5-7-17(14)19(21)16-10-11-18-15(12-16)9-8-13(2)20-18/h4-12H,3H2,1-2H3. The average Bonchev–Trinajstić information content (AvgIpc) is 2.53. The zero-order valence-electron chi connectivity index (χ0n) is 12.3. The van der Waals surface area contributed by atoms with Crippen LogP contribution in [0.2, 0.25) is 0 Å². The number of carbonyl (C=O) groups excluding carboxylic acids is 1. The summed E-state index contributed by atoms with van der Waals surface area (Å²) in [4.78, 5) is 17.2. The van der Waals surface area contributed by atoms with Gasteiger partial charge in [0.05, 0.1) is 5.52 Å². The second-order valence-corrected chi connectivity index (χ2v) is 5.20. The molecule has 1 heterocycles. The summed E-state index contributed by atoms with van der Waals surface area (Å²) >= 11 is 0. The lowest BCUT2D eigenvalue weighted by Crippen LogP contribution is -2.05. The van der Waals surface area contributed by atoms with Gasteiger partial charge in [-0.25, -0.2) is 0 Å². The molecule has 3 rings (SSSR count). The second-order valence-electron chi connectivity index (χ2n) is 5.20. The number of hydrogen-bond acceptors (Lipinski definition) is 2. The smallest absolute Gasteiger partial charge is 0.193 e. The molecule has 0 saturated heterocycles. The number of aryl methyl sites for hydroxylation is 2. The van der Waals surface area contributed by atoms with E-state index < -0.39 is 0 Å². The summed E-state index contributed by atoms with van der Waals surface area (Å²) in [7, 11) is 0. The zero-order valence-corrected chi connectivity index (χ0v) is 12.3. The first kappa shape index (κ1) is 13.5. The molecular weight excluding hydrogens is 258 g/mol. The van der Waals surface area contributed by atoms with E-state index in [9.17, 15) is 4.79 Å². The number of nitrogens with zero attached hydrogens (tertiary/aromatic N) is 1. The molecule has 21 heavy (non-hydrogen) atoms. The Bertz CT molecular complexity index is 821. The van der Waals surface area contributed by atoms with Gasteiger partial charge >= 0.3 is 0 Å². The number of hydrogen-bond donors (Lipinski definition) is 0. The van der Waals surface area contributed by atoms with Gasteiger partial charge in [0, 0.05) is 22.2 Å². The number of rotatable bonds is 3. The van der Waals surface area contributed by atoms with Gasteiger partial charge < -0.3 is 0 Å². The van der Waals surface area contributed by atoms with Gasteiger partial charge in [-0.3, -0.25) is 9.78 Å². The summed E-state index contributed by atoms with van der Waals surface area (Å²) in [5, 5.41) is 1.00. The maximum absolute atomic E-state index is 12.7. The maximum atomic E-state index is 12.7. The van der Waals surface area contributed by atoms with E-state index in [1.165, 1.54) is 0 Å². The highest BCUT2D eigenvalue weighted by Crippen LogP contribution is 2.19. The molecule has 2 heteroatoms. The number of benzene rings is 2. The number of aromatic nitrogens is 1. The first-order valence-corrected chi connectivity index (χ1v) is 7.19. The van der Waals surface area contributed by atoms with Crippen LogP contribution in [0.1, 0.15) is 34.1 Å². The van der Waals surface area contributed by atoms with E-state index in [4.69, 9.17) is 0 Å². The lowest BCUT2D eigenvalue weighted by molar-refractivity contribution is 0.103.